The number of hydrogen-bond donors (Lipinski definition) is 3. The van der Waals surface area contributed by atoms with E-state index in [2.05, 4.69) is 27.8 Å². The minimum atomic E-state index is 0.194. The minimum Gasteiger partial charge on any atom is -0.326 e. The summed E-state index contributed by atoms with van der Waals surface area (Å²) in [7, 11) is 0. The van der Waals surface area contributed by atoms with E-state index in [-0.39, 0.29) is 5.96 Å². The molecule has 0 atom stereocenters. The molecule has 0 unspecified atom stereocenters. The minimum absolute atomic E-state index is 0.194. The van der Waals surface area contributed by atoms with Crippen molar-refractivity contribution in [3.63, 3.8) is 0 Å². The van der Waals surface area contributed by atoms with Crippen LogP contribution in [0.3, 0.4) is 0 Å². The number of pyridine rings is 1. The molecule has 1 aromatic heterocycles. The standard InChI is InChI=1S/C20H20N4/c1-14-12-15(2)22-19(13-14)24-20(21)23-18-10-8-17(9-11-18)16-6-4-3-5-7-16/h3-13H,1-2H3,(H3,21,22,23,24). The topological polar surface area (TPSA) is 60.8 Å². The second-order valence-corrected chi connectivity index (χ2v) is 5.74. The Morgan fingerprint density at radius 3 is 2.17 bits per heavy atom. The smallest absolute Gasteiger partial charge is 0.198 e. The SMILES string of the molecule is Cc1cc(C)nc(NC(=N)Nc2ccc(-c3ccccc3)cc2)c1. The largest absolute Gasteiger partial charge is 0.326 e. The average Bonchev–Trinajstić information content (AvgIpc) is 2.55. The Balaban J connectivity index is 1.66. The predicted octanol–water partition coefficient (Wildman–Crippen LogP) is 4.82. The van der Waals surface area contributed by atoms with Gasteiger partial charge in [0.25, 0.3) is 0 Å². The fourth-order valence-electron chi connectivity index (χ4n) is 2.59. The number of guanidine groups is 1. The number of hydrogen-bond acceptors (Lipinski definition) is 2. The summed E-state index contributed by atoms with van der Waals surface area (Å²) < 4.78 is 0. The van der Waals surface area contributed by atoms with Crippen molar-refractivity contribution in [1.29, 1.82) is 5.41 Å². The van der Waals surface area contributed by atoms with Gasteiger partial charge in [-0.3, -0.25) is 5.41 Å². The van der Waals surface area contributed by atoms with E-state index in [9.17, 15) is 0 Å². The molecule has 4 heteroatoms. The van der Waals surface area contributed by atoms with E-state index in [0.29, 0.717) is 5.82 Å². The molecule has 0 bridgehead atoms. The molecule has 0 aliphatic rings. The second-order valence-electron chi connectivity index (χ2n) is 5.74. The lowest BCUT2D eigenvalue weighted by Gasteiger charge is -2.11. The van der Waals surface area contributed by atoms with Crippen LogP contribution < -0.4 is 10.6 Å². The highest BCUT2D eigenvalue weighted by Gasteiger charge is 2.03. The summed E-state index contributed by atoms with van der Waals surface area (Å²) in [5.41, 5.74) is 5.23. The fraction of sp³-hybridized carbons (Fsp3) is 0.100. The van der Waals surface area contributed by atoms with Crippen LogP contribution in [0.15, 0.2) is 66.7 Å². The summed E-state index contributed by atoms with van der Waals surface area (Å²) in [6.07, 6.45) is 0. The van der Waals surface area contributed by atoms with E-state index in [0.717, 1.165) is 22.5 Å². The maximum atomic E-state index is 8.06. The van der Waals surface area contributed by atoms with Crippen molar-refractivity contribution in [3.05, 3.63) is 78.0 Å². The first-order chi connectivity index (χ1) is 11.6. The Morgan fingerprint density at radius 1 is 0.833 bits per heavy atom. The van der Waals surface area contributed by atoms with Gasteiger partial charge in [0.05, 0.1) is 0 Å². The lowest BCUT2D eigenvalue weighted by Crippen LogP contribution is -2.21. The molecule has 0 spiro atoms. The molecule has 3 aromatic rings. The molecule has 0 aliphatic carbocycles. The molecule has 24 heavy (non-hydrogen) atoms. The zero-order valence-corrected chi connectivity index (χ0v) is 13.8. The van der Waals surface area contributed by atoms with Gasteiger partial charge in [0, 0.05) is 11.4 Å². The van der Waals surface area contributed by atoms with Crippen LogP contribution in [-0.4, -0.2) is 10.9 Å². The van der Waals surface area contributed by atoms with Crippen molar-refractivity contribution >= 4 is 17.5 Å². The van der Waals surface area contributed by atoms with Crippen LogP contribution in [-0.2, 0) is 0 Å². The molecule has 0 saturated heterocycles. The summed E-state index contributed by atoms with van der Waals surface area (Å²) in [6.45, 7) is 3.96. The quantitative estimate of drug-likeness (QED) is 0.479. The van der Waals surface area contributed by atoms with E-state index in [4.69, 9.17) is 5.41 Å². The van der Waals surface area contributed by atoms with E-state index in [1.54, 1.807) is 0 Å². The van der Waals surface area contributed by atoms with Crippen molar-refractivity contribution in [2.24, 2.45) is 0 Å². The van der Waals surface area contributed by atoms with Gasteiger partial charge < -0.3 is 10.6 Å². The Hall–Kier alpha value is -3.14. The molecular weight excluding hydrogens is 296 g/mol. The van der Waals surface area contributed by atoms with Crippen molar-refractivity contribution in [2.75, 3.05) is 10.6 Å². The molecule has 4 nitrogen and oxygen atoms in total. The normalized spacial score (nSPS) is 10.2. The summed E-state index contributed by atoms with van der Waals surface area (Å²) >= 11 is 0. The Bertz CT molecular complexity index is 819. The summed E-state index contributed by atoms with van der Waals surface area (Å²) in [4.78, 5) is 4.38. The highest BCUT2D eigenvalue weighted by Crippen LogP contribution is 2.21. The van der Waals surface area contributed by atoms with Crippen molar-refractivity contribution in [3.8, 4) is 11.1 Å². The number of nitrogens with one attached hydrogen (secondary N) is 3. The average molecular weight is 316 g/mol. The first-order valence-electron chi connectivity index (χ1n) is 7.83. The van der Waals surface area contributed by atoms with Gasteiger partial charge in [0.2, 0.25) is 0 Å². The lowest BCUT2D eigenvalue weighted by atomic mass is 10.1. The summed E-state index contributed by atoms with van der Waals surface area (Å²) in [5.74, 6) is 0.867. The van der Waals surface area contributed by atoms with Crippen LogP contribution >= 0.6 is 0 Å². The molecular formula is C20H20N4. The zero-order chi connectivity index (χ0) is 16.9. The Labute approximate surface area is 142 Å². The molecule has 3 N–H and O–H groups in total. The Morgan fingerprint density at radius 2 is 1.50 bits per heavy atom. The third-order valence-electron chi connectivity index (χ3n) is 3.61. The fourth-order valence-corrected chi connectivity index (χ4v) is 2.59. The van der Waals surface area contributed by atoms with Crippen LogP contribution in [0.4, 0.5) is 11.5 Å². The molecule has 1 heterocycles. The number of nitrogens with zero attached hydrogens (tertiary/aromatic N) is 1. The van der Waals surface area contributed by atoms with Gasteiger partial charge in [-0.15, -0.1) is 0 Å². The van der Waals surface area contributed by atoms with Gasteiger partial charge in [0.15, 0.2) is 5.96 Å². The van der Waals surface area contributed by atoms with Crippen LogP contribution in [0.5, 0.6) is 0 Å². The maximum Gasteiger partial charge on any atom is 0.198 e. The zero-order valence-electron chi connectivity index (χ0n) is 13.8. The molecule has 2 aromatic carbocycles. The molecule has 0 saturated carbocycles. The highest BCUT2D eigenvalue weighted by molar-refractivity contribution is 6.01. The van der Waals surface area contributed by atoms with E-state index < -0.39 is 0 Å². The molecule has 0 radical (unpaired) electrons. The van der Waals surface area contributed by atoms with Crippen LogP contribution in [0.1, 0.15) is 11.3 Å². The van der Waals surface area contributed by atoms with Crippen molar-refractivity contribution in [2.45, 2.75) is 13.8 Å². The number of rotatable bonds is 3. The van der Waals surface area contributed by atoms with Gasteiger partial charge in [-0.25, -0.2) is 4.98 Å². The van der Waals surface area contributed by atoms with E-state index in [1.807, 2.05) is 68.4 Å². The van der Waals surface area contributed by atoms with Gasteiger partial charge in [-0.05, 0) is 54.8 Å². The third-order valence-corrected chi connectivity index (χ3v) is 3.61. The monoisotopic (exact) mass is 316 g/mol. The number of aryl methyl sites for hydroxylation is 2. The first kappa shape index (κ1) is 15.7. The highest BCUT2D eigenvalue weighted by atomic mass is 15.2. The summed E-state index contributed by atoms with van der Waals surface area (Å²) in [5, 5.41) is 14.1. The first-order valence-corrected chi connectivity index (χ1v) is 7.83. The maximum absolute atomic E-state index is 8.06. The van der Waals surface area contributed by atoms with Crippen LogP contribution in [0.25, 0.3) is 11.1 Å². The molecule has 0 fully saturated rings. The lowest BCUT2D eigenvalue weighted by molar-refractivity contribution is 1.18. The van der Waals surface area contributed by atoms with Crippen molar-refractivity contribution < 1.29 is 0 Å². The van der Waals surface area contributed by atoms with E-state index in [1.165, 1.54) is 5.56 Å². The van der Waals surface area contributed by atoms with Gasteiger partial charge in [0.1, 0.15) is 5.82 Å². The van der Waals surface area contributed by atoms with Crippen molar-refractivity contribution in [1.82, 2.24) is 4.98 Å². The second kappa shape index (κ2) is 6.96. The summed E-state index contributed by atoms with van der Waals surface area (Å²) in [6, 6.07) is 22.2. The van der Waals surface area contributed by atoms with E-state index >= 15 is 0 Å². The number of aromatic nitrogens is 1. The third kappa shape index (κ3) is 3.98. The van der Waals surface area contributed by atoms with Gasteiger partial charge in [-0.2, -0.15) is 0 Å². The molecule has 3 rings (SSSR count). The van der Waals surface area contributed by atoms with Gasteiger partial charge in [-0.1, -0.05) is 42.5 Å². The Kier molecular flexibility index (Phi) is 4.57. The molecule has 0 amide bonds. The van der Waals surface area contributed by atoms with Crippen LogP contribution in [0, 0.1) is 19.3 Å². The van der Waals surface area contributed by atoms with Gasteiger partial charge >= 0.3 is 0 Å². The number of benzene rings is 2. The van der Waals surface area contributed by atoms with Crippen LogP contribution in [0.2, 0.25) is 0 Å². The molecule has 0 aliphatic heterocycles. The molecule has 120 valence electrons. The number of anilines is 2. The predicted molar refractivity (Wildman–Crippen MR) is 101 cm³/mol.